The molecule has 19 heavy (non-hydrogen) atoms. The van der Waals surface area contributed by atoms with E-state index in [1.54, 1.807) is 23.7 Å². The molecule has 0 saturated heterocycles. The highest BCUT2D eigenvalue weighted by molar-refractivity contribution is 5.89. The van der Waals surface area contributed by atoms with Crippen LogP contribution in [0.25, 0.3) is 0 Å². The van der Waals surface area contributed by atoms with E-state index in [2.05, 4.69) is 10.1 Å². The van der Waals surface area contributed by atoms with Gasteiger partial charge in [-0.05, 0) is 37.6 Å². The molecule has 0 unspecified atom stereocenters. The van der Waals surface area contributed by atoms with Crippen molar-refractivity contribution in [3.8, 4) is 5.75 Å². The maximum absolute atomic E-state index is 10.9. The number of benzene rings is 1. The van der Waals surface area contributed by atoms with Crippen molar-refractivity contribution in [2.24, 2.45) is 0 Å². The van der Waals surface area contributed by atoms with Crippen LogP contribution in [0.3, 0.4) is 0 Å². The first-order chi connectivity index (χ1) is 9.11. The predicted octanol–water partition coefficient (Wildman–Crippen LogP) is 1.88. The minimum absolute atomic E-state index is 0.282. The van der Waals surface area contributed by atoms with Crippen LogP contribution in [0.2, 0.25) is 0 Å². The van der Waals surface area contributed by atoms with E-state index in [1.807, 2.05) is 6.92 Å². The number of aromatic carboxylic acids is 1. The minimum Gasteiger partial charge on any atom is -0.486 e. The Hall–Kier alpha value is -2.37. The average molecular weight is 261 g/mol. The molecule has 0 bridgehead atoms. The van der Waals surface area contributed by atoms with Crippen molar-refractivity contribution < 1.29 is 14.6 Å². The number of nitrogens with zero attached hydrogens (tertiary/aromatic N) is 3. The van der Waals surface area contributed by atoms with Crippen LogP contribution in [0.5, 0.6) is 5.75 Å². The van der Waals surface area contributed by atoms with Gasteiger partial charge >= 0.3 is 5.97 Å². The summed E-state index contributed by atoms with van der Waals surface area (Å²) in [5.74, 6) is 0.422. The van der Waals surface area contributed by atoms with Crippen molar-refractivity contribution in [3.05, 3.63) is 41.5 Å². The molecule has 0 atom stereocenters. The quantitative estimate of drug-likeness (QED) is 0.889. The average Bonchev–Trinajstić information content (AvgIpc) is 2.83. The molecule has 2 aromatic rings. The highest BCUT2D eigenvalue weighted by Crippen LogP contribution is 2.18. The summed E-state index contributed by atoms with van der Waals surface area (Å²) in [4.78, 5) is 15.0. The monoisotopic (exact) mass is 261 g/mol. The third kappa shape index (κ3) is 2.90. The predicted molar refractivity (Wildman–Crippen MR) is 68.2 cm³/mol. The van der Waals surface area contributed by atoms with Crippen molar-refractivity contribution in [2.75, 3.05) is 0 Å². The number of carboxylic acid groups (broad SMARTS) is 1. The Bertz CT molecular complexity index is 593. The fourth-order valence-corrected chi connectivity index (χ4v) is 1.78. The zero-order valence-corrected chi connectivity index (χ0v) is 10.8. The Labute approximate surface area is 110 Å². The molecule has 1 N–H and O–H groups in total. The second-order valence-corrected chi connectivity index (χ2v) is 4.06. The van der Waals surface area contributed by atoms with Crippen molar-refractivity contribution >= 4 is 5.97 Å². The molecule has 0 aliphatic heterocycles. The maximum Gasteiger partial charge on any atom is 0.335 e. The van der Waals surface area contributed by atoms with Gasteiger partial charge in [0, 0.05) is 6.54 Å². The molecule has 0 radical (unpaired) electrons. The minimum atomic E-state index is -0.935. The zero-order valence-electron chi connectivity index (χ0n) is 10.8. The fourth-order valence-electron chi connectivity index (χ4n) is 1.78. The summed E-state index contributed by atoms with van der Waals surface area (Å²) in [7, 11) is 0. The summed E-state index contributed by atoms with van der Waals surface area (Å²) < 4.78 is 7.34. The van der Waals surface area contributed by atoms with Gasteiger partial charge < -0.3 is 9.84 Å². The molecule has 6 nitrogen and oxygen atoms in total. The van der Waals surface area contributed by atoms with Gasteiger partial charge in [0.25, 0.3) is 0 Å². The Balaban J connectivity index is 2.08. The zero-order chi connectivity index (χ0) is 13.8. The van der Waals surface area contributed by atoms with Crippen molar-refractivity contribution in [1.29, 1.82) is 0 Å². The van der Waals surface area contributed by atoms with E-state index < -0.39 is 5.97 Å². The number of carboxylic acids is 1. The Morgan fingerprint density at radius 3 is 2.89 bits per heavy atom. The first kappa shape index (κ1) is 13.1. The van der Waals surface area contributed by atoms with Crippen LogP contribution < -0.4 is 4.74 Å². The summed E-state index contributed by atoms with van der Waals surface area (Å²) in [6, 6.07) is 4.89. The number of hydrogen-bond acceptors (Lipinski definition) is 4. The summed E-state index contributed by atoms with van der Waals surface area (Å²) in [5.41, 5.74) is 0.950. The normalized spacial score (nSPS) is 10.4. The standard InChI is InChI=1S/C13H15N3O3/c1-3-16-12(14-8-15-16)7-19-10-4-5-11(13(17)18)9(2)6-10/h4-6,8H,3,7H2,1-2H3,(H,17,18). The van der Waals surface area contributed by atoms with Crippen LogP contribution in [0, 0.1) is 6.92 Å². The first-order valence-corrected chi connectivity index (χ1v) is 5.95. The third-order valence-corrected chi connectivity index (χ3v) is 2.79. The van der Waals surface area contributed by atoms with E-state index in [4.69, 9.17) is 9.84 Å². The summed E-state index contributed by atoms with van der Waals surface area (Å²) >= 11 is 0. The SMILES string of the molecule is CCn1ncnc1COc1ccc(C(=O)O)c(C)c1. The molecular formula is C13H15N3O3. The van der Waals surface area contributed by atoms with Gasteiger partial charge in [-0.3, -0.25) is 0 Å². The van der Waals surface area contributed by atoms with E-state index in [1.165, 1.54) is 12.4 Å². The second-order valence-electron chi connectivity index (χ2n) is 4.06. The number of rotatable bonds is 5. The van der Waals surface area contributed by atoms with Gasteiger partial charge in [0.2, 0.25) is 0 Å². The number of ether oxygens (including phenoxy) is 1. The van der Waals surface area contributed by atoms with Crippen LogP contribution >= 0.6 is 0 Å². The van der Waals surface area contributed by atoms with Crippen molar-refractivity contribution in [2.45, 2.75) is 27.0 Å². The maximum atomic E-state index is 10.9. The Morgan fingerprint density at radius 2 is 2.26 bits per heavy atom. The largest absolute Gasteiger partial charge is 0.486 e. The van der Waals surface area contributed by atoms with E-state index >= 15 is 0 Å². The molecule has 1 aromatic heterocycles. The molecule has 1 heterocycles. The number of aromatic nitrogens is 3. The van der Waals surface area contributed by atoms with E-state index in [0.717, 1.165) is 12.4 Å². The van der Waals surface area contributed by atoms with Gasteiger partial charge in [0.05, 0.1) is 5.56 Å². The molecule has 0 aliphatic carbocycles. The molecule has 0 spiro atoms. The van der Waals surface area contributed by atoms with E-state index in [0.29, 0.717) is 17.9 Å². The molecule has 0 saturated carbocycles. The van der Waals surface area contributed by atoms with Crippen LogP contribution in [-0.4, -0.2) is 25.8 Å². The van der Waals surface area contributed by atoms with Gasteiger partial charge in [-0.15, -0.1) is 0 Å². The van der Waals surface area contributed by atoms with Crippen molar-refractivity contribution in [1.82, 2.24) is 14.8 Å². The highest BCUT2D eigenvalue weighted by atomic mass is 16.5. The van der Waals surface area contributed by atoms with Gasteiger partial charge in [-0.2, -0.15) is 5.10 Å². The lowest BCUT2D eigenvalue weighted by Crippen LogP contribution is -2.07. The smallest absolute Gasteiger partial charge is 0.335 e. The van der Waals surface area contributed by atoms with Crippen LogP contribution in [-0.2, 0) is 13.2 Å². The van der Waals surface area contributed by atoms with Gasteiger partial charge in [-0.1, -0.05) is 0 Å². The topological polar surface area (TPSA) is 77.2 Å². The summed E-state index contributed by atoms with van der Waals surface area (Å²) in [6.07, 6.45) is 1.49. The van der Waals surface area contributed by atoms with Gasteiger partial charge in [-0.25, -0.2) is 14.5 Å². The lowest BCUT2D eigenvalue weighted by molar-refractivity contribution is 0.0696. The molecule has 6 heteroatoms. The molecule has 0 amide bonds. The third-order valence-electron chi connectivity index (χ3n) is 2.79. The summed E-state index contributed by atoms with van der Waals surface area (Å²) in [6.45, 7) is 4.75. The Morgan fingerprint density at radius 1 is 1.47 bits per heavy atom. The van der Waals surface area contributed by atoms with Crippen LogP contribution in [0.4, 0.5) is 0 Å². The Kier molecular flexibility index (Phi) is 3.79. The highest BCUT2D eigenvalue weighted by Gasteiger charge is 2.08. The fraction of sp³-hybridized carbons (Fsp3) is 0.308. The van der Waals surface area contributed by atoms with E-state index in [-0.39, 0.29) is 5.56 Å². The van der Waals surface area contributed by atoms with Gasteiger partial charge in [0.15, 0.2) is 5.82 Å². The lowest BCUT2D eigenvalue weighted by atomic mass is 10.1. The molecule has 0 aliphatic rings. The second kappa shape index (κ2) is 5.51. The first-order valence-electron chi connectivity index (χ1n) is 5.95. The van der Waals surface area contributed by atoms with Gasteiger partial charge in [0.1, 0.15) is 18.7 Å². The van der Waals surface area contributed by atoms with Crippen LogP contribution in [0.1, 0.15) is 28.7 Å². The summed E-state index contributed by atoms with van der Waals surface area (Å²) in [5, 5.41) is 13.0. The molecule has 2 rings (SSSR count). The number of hydrogen-bond donors (Lipinski definition) is 1. The molecule has 1 aromatic carbocycles. The van der Waals surface area contributed by atoms with Crippen LogP contribution in [0.15, 0.2) is 24.5 Å². The number of carbonyl (C=O) groups is 1. The van der Waals surface area contributed by atoms with Crippen molar-refractivity contribution in [3.63, 3.8) is 0 Å². The lowest BCUT2D eigenvalue weighted by Gasteiger charge is -2.08. The molecular weight excluding hydrogens is 246 g/mol. The number of aryl methyl sites for hydroxylation is 2. The molecule has 0 fully saturated rings. The van der Waals surface area contributed by atoms with E-state index in [9.17, 15) is 4.79 Å². The molecule has 100 valence electrons.